The van der Waals surface area contributed by atoms with Crippen LogP contribution in [0.25, 0.3) is 6.08 Å². The smallest absolute Gasteiger partial charge is 0.244 e. The van der Waals surface area contributed by atoms with Gasteiger partial charge in [-0.2, -0.15) is 0 Å². The van der Waals surface area contributed by atoms with Crippen LogP contribution in [0.5, 0.6) is 5.75 Å². The van der Waals surface area contributed by atoms with Gasteiger partial charge in [0.1, 0.15) is 5.75 Å². The number of carbonyl (C=O) groups is 1. The molecule has 0 radical (unpaired) electrons. The second-order valence-electron chi connectivity index (χ2n) is 3.25. The molecule has 14 heavy (non-hydrogen) atoms. The van der Waals surface area contributed by atoms with Gasteiger partial charge in [-0.05, 0) is 32.1 Å². The van der Waals surface area contributed by atoms with E-state index < -0.39 is 5.91 Å². The lowest BCUT2D eigenvalue weighted by Gasteiger charge is -2.01. The second-order valence-corrected chi connectivity index (χ2v) is 3.25. The topological polar surface area (TPSA) is 63.3 Å². The lowest BCUT2D eigenvalue weighted by Crippen LogP contribution is -2.11. The Balaban J connectivity index is 3.13. The molecule has 0 saturated heterocycles. The number of primary amides is 1. The van der Waals surface area contributed by atoms with Crippen molar-refractivity contribution in [2.45, 2.75) is 13.8 Å². The van der Waals surface area contributed by atoms with E-state index in [9.17, 15) is 9.90 Å². The molecule has 0 aromatic heterocycles. The van der Waals surface area contributed by atoms with Crippen molar-refractivity contribution in [2.75, 3.05) is 0 Å². The predicted molar refractivity (Wildman–Crippen MR) is 55.7 cm³/mol. The SMILES string of the molecule is C/C(=C\c1cc(C)ccc1O)C(N)=O. The third-order valence-corrected chi connectivity index (χ3v) is 1.94. The predicted octanol–water partition coefficient (Wildman–Crippen LogP) is 1.59. The van der Waals surface area contributed by atoms with Crippen LogP contribution < -0.4 is 5.73 Å². The van der Waals surface area contributed by atoms with Gasteiger partial charge in [0.05, 0.1) is 0 Å². The van der Waals surface area contributed by atoms with Gasteiger partial charge in [0, 0.05) is 11.1 Å². The number of hydrogen-bond donors (Lipinski definition) is 2. The van der Waals surface area contributed by atoms with Gasteiger partial charge < -0.3 is 10.8 Å². The van der Waals surface area contributed by atoms with Crippen LogP contribution in [0.15, 0.2) is 23.8 Å². The minimum Gasteiger partial charge on any atom is -0.507 e. The zero-order valence-corrected chi connectivity index (χ0v) is 8.24. The van der Waals surface area contributed by atoms with Gasteiger partial charge in [0.25, 0.3) is 0 Å². The lowest BCUT2D eigenvalue weighted by atomic mass is 10.1. The van der Waals surface area contributed by atoms with Crippen molar-refractivity contribution in [2.24, 2.45) is 5.73 Å². The van der Waals surface area contributed by atoms with E-state index in [2.05, 4.69) is 0 Å². The Morgan fingerprint density at radius 3 is 2.71 bits per heavy atom. The molecule has 74 valence electrons. The molecule has 1 rings (SSSR count). The van der Waals surface area contributed by atoms with E-state index in [4.69, 9.17) is 5.73 Å². The second kappa shape index (κ2) is 3.96. The van der Waals surface area contributed by atoms with Gasteiger partial charge in [0.15, 0.2) is 0 Å². The van der Waals surface area contributed by atoms with E-state index >= 15 is 0 Å². The summed E-state index contributed by atoms with van der Waals surface area (Å²) in [6.45, 7) is 3.53. The van der Waals surface area contributed by atoms with Crippen LogP contribution >= 0.6 is 0 Å². The van der Waals surface area contributed by atoms with E-state index in [-0.39, 0.29) is 5.75 Å². The van der Waals surface area contributed by atoms with Crippen LogP contribution in [-0.4, -0.2) is 11.0 Å². The Morgan fingerprint density at radius 2 is 2.14 bits per heavy atom. The molecular weight excluding hydrogens is 178 g/mol. The quantitative estimate of drug-likeness (QED) is 0.697. The number of phenols is 1. The number of phenolic OH excluding ortho intramolecular Hbond substituents is 1. The number of aryl methyl sites for hydroxylation is 1. The van der Waals surface area contributed by atoms with Crippen molar-refractivity contribution < 1.29 is 9.90 Å². The van der Waals surface area contributed by atoms with Crippen molar-refractivity contribution >= 4 is 12.0 Å². The first-order valence-electron chi connectivity index (χ1n) is 4.28. The van der Waals surface area contributed by atoms with Gasteiger partial charge in [0.2, 0.25) is 5.91 Å². The Bertz CT molecular complexity index is 394. The first kappa shape index (κ1) is 10.3. The normalized spacial score (nSPS) is 11.4. The highest BCUT2D eigenvalue weighted by Crippen LogP contribution is 2.20. The van der Waals surface area contributed by atoms with Crippen molar-refractivity contribution in [3.8, 4) is 5.75 Å². The van der Waals surface area contributed by atoms with Crippen molar-refractivity contribution in [3.63, 3.8) is 0 Å². The van der Waals surface area contributed by atoms with Crippen LogP contribution in [0, 0.1) is 6.92 Å². The van der Waals surface area contributed by atoms with Gasteiger partial charge >= 0.3 is 0 Å². The van der Waals surface area contributed by atoms with Crippen LogP contribution in [0.4, 0.5) is 0 Å². The average Bonchev–Trinajstić information content (AvgIpc) is 2.11. The van der Waals surface area contributed by atoms with Crippen molar-refractivity contribution in [1.29, 1.82) is 0 Å². The molecule has 3 nitrogen and oxygen atoms in total. The Labute approximate surface area is 82.9 Å². The van der Waals surface area contributed by atoms with E-state index in [0.29, 0.717) is 11.1 Å². The molecule has 0 spiro atoms. The van der Waals surface area contributed by atoms with Gasteiger partial charge in [-0.3, -0.25) is 4.79 Å². The van der Waals surface area contributed by atoms with Gasteiger partial charge in [-0.15, -0.1) is 0 Å². The molecule has 0 aliphatic carbocycles. The molecule has 1 amide bonds. The van der Waals surface area contributed by atoms with Crippen LogP contribution in [0.2, 0.25) is 0 Å². The molecule has 3 N–H and O–H groups in total. The summed E-state index contributed by atoms with van der Waals surface area (Å²) in [6, 6.07) is 5.18. The molecule has 0 bridgehead atoms. The van der Waals surface area contributed by atoms with E-state index in [1.165, 1.54) is 0 Å². The van der Waals surface area contributed by atoms with Gasteiger partial charge in [-0.25, -0.2) is 0 Å². The largest absolute Gasteiger partial charge is 0.507 e. The molecule has 0 heterocycles. The minimum atomic E-state index is -0.481. The standard InChI is InChI=1S/C11H13NO2/c1-7-3-4-10(13)9(5-7)6-8(2)11(12)14/h3-6,13H,1-2H3,(H2,12,14)/b8-6+. The third-order valence-electron chi connectivity index (χ3n) is 1.94. The molecule has 0 saturated carbocycles. The number of benzene rings is 1. The lowest BCUT2D eigenvalue weighted by molar-refractivity contribution is -0.114. The van der Waals surface area contributed by atoms with E-state index in [1.54, 1.807) is 31.2 Å². The summed E-state index contributed by atoms with van der Waals surface area (Å²) < 4.78 is 0. The molecule has 3 heteroatoms. The monoisotopic (exact) mass is 191 g/mol. The number of aromatic hydroxyl groups is 1. The minimum absolute atomic E-state index is 0.149. The fourth-order valence-electron chi connectivity index (χ4n) is 1.09. The van der Waals surface area contributed by atoms with E-state index in [0.717, 1.165) is 5.56 Å². The summed E-state index contributed by atoms with van der Waals surface area (Å²) in [5.41, 5.74) is 7.14. The highest BCUT2D eigenvalue weighted by molar-refractivity contribution is 5.96. The Kier molecular flexibility index (Phi) is 2.92. The number of rotatable bonds is 2. The fourth-order valence-corrected chi connectivity index (χ4v) is 1.09. The molecule has 1 aromatic carbocycles. The fraction of sp³-hybridized carbons (Fsp3) is 0.182. The molecular formula is C11H13NO2. The molecule has 0 atom stereocenters. The third kappa shape index (κ3) is 2.36. The maximum atomic E-state index is 10.8. The molecule has 0 fully saturated rings. The zero-order valence-electron chi connectivity index (χ0n) is 8.24. The number of nitrogens with two attached hydrogens (primary N) is 1. The molecule has 1 aromatic rings. The molecule has 0 unspecified atom stereocenters. The summed E-state index contributed by atoms with van der Waals surface area (Å²) >= 11 is 0. The van der Waals surface area contributed by atoms with Crippen LogP contribution in [-0.2, 0) is 4.79 Å². The number of amides is 1. The summed E-state index contributed by atoms with van der Waals surface area (Å²) in [6.07, 6.45) is 1.57. The van der Waals surface area contributed by atoms with Gasteiger partial charge in [-0.1, -0.05) is 11.6 Å². The Morgan fingerprint density at radius 1 is 1.50 bits per heavy atom. The summed E-state index contributed by atoms with van der Waals surface area (Å²) in [7, 11) is 0. The Hall–Kier alpha value is -1.77. The maximum Gasteiger partial charge on any atom is 0.244 e. The number of carbonyl (C=O) groups excluding carboxylic acids is 1. The van der Waals surface area contributed by atoms with E-state index in [1.807, 2.05) is 6.92 Å². The highest BCUT2D eigenvalue weighted by atomic mass is 16.3. The summed E-state index contributed by atoms with van der Waals surface area (Å²) in [5.74, 6) is -0.331. The highest BCUT2D eigenvalue weighted by Gasteiger charge is 2.01. The van der Waals surface area contributed by atoms with Crippen LogP contribution in [0.1, 0.15) is 18.1 Å². The molecule has 0 aliphatic rings. The van der Waals surface area contributed by atoms with Crippen LogP contribution in [0.3, 0.4) is 0 Å². The number of hydrogen-bond acceptors (Lipinski definition) is 2. The first-order chi connectivity index (χ1) is 6.50. The maximum absolute atomic E-state index is 10.8. The summed E-state index contributed by atoms with van der Waals surface area (Å²) in [5, 5.41) is 9.47. The summed E-state index contributed by atoms with van der Waals surface area (Å²) in [4.78, 5) is 10.8. The zero-order chi connectivity index (χ0) is 10.7. The first-order valence-corrected chi connectivity index (χ1v) is 4.28. The van der Waals surface area contributed by atoms with Crippen molar-refractivity contribution in [1.82, 2.24) is 0 Å². The van der Waals surface area contributed by atoms with Crippen molar-refractivity contribution in [3.05, 3.63) is 34.9 Å². The average molecular weight is 191 g/mol. The molecule has 0 aliphatic heterocycles.